The standard InChI is InChI=1S/C42H61O4P/c1-26-20-27(21-32(35(26)43)40(8,9)10)18-17-19-44-47-45-36-30(22-28(38(2,3)4)24-33(36)41(11,12)13)31-23-29(39(5,6)7)25-34(37(31)46-47)42(14,15)16/h20-25,43H,17-19H2,1-16H3/p-1. The third kappa shape index (κ3) is 8.31. The molecule has 0 aliphatic heterocycles. The third-order valence-corrected chi connectivity index (χ3v) is 10.2. The van der Waals surface area contributed by atoms with Gasteiger partial charge in [0.1, 0.15) is 11.2 Å². The van der Waals surface area contributed by atoms with Gasteiger partial charge in [-0.1, -0.05) is 134 Å². The van der Waals surface area contributed by atoms with Crippen molar-refractivity contribution in [2.45, 2.75) is 151 Å². The van der Waals surface area contributed by atoms with E-state index in [0.717, 1.165) is 62.6 Å². The molecule has 0 saturated carbocycles. The fourth-order valence-electron chi connectivity index (χ4n) is 6.02. The summed E-state index contributed by atoms with van der Waals surface area (Å²) in [7, 11) is -1.74. The van der Waals surface area contributed by atoms with E-state index < -0.39 is 8.24 Å². The smallest absolute Gasteiger partial charge is 0.387 e. The zero-order valence-electron chi connectivity index (χ0n) is 32.2. The molecule has 47 heavy (non-hydrogen) atoms. The maximum atomic E-state index is 12.8. The van der Waals surface area contributed by atoms with Gasteiger partial charge >= 0.3 is 8.24 Å². The first kappa shape index (κ1) is 37.1. The Morgan fingerprint density at radius 2 is 1.00 bits per heavy atom. The molecule has 1 heterocycles. The second-order valence-electron chi connectivity index (χ2n) is 18.7. The second kappa shape index (κ2) is 12.6. The topological polar surface area (TPSA) is 58.6 Å². The Balaban J connectivity index is 1.94. The summed E-state index contributed by atoms with van der Waals surface area (Å²) in [5.74, 6) is 0.145. The lowest BCUT2D eigenvalue weighted by molar-refractivity contribution is -0.271. The molecule has 258 valence electrons. The third-order valence-electron chi connectivity index (χ3n) is 9.10. The Labute approximate surface area is 285 Å². The number of benzene rings is 3. The van der Waals surface area contributed by atoms with Crippen LogP contribution in [0.2, 0.25) is 0 Å². The molecule has 0 radical (unpaired) electrons. The van der Waals surface area contributed by atoms with Crippen LogP contribution in [-0.2, 0) is 33.5 Å². The molecule has 1 aromatic heterocycles. The quantitative estimate of drug-likeness (QED) is 0.200. The first-order valence-corrected chi connectivity index (χ1v) is 18.4. The molecule has 0 N–H and O–H groups in total. The van der Waals surface area contributed by atoms with Crippen LogP contribution >= 0.6 is 8.24 Å². The highest BCUT2D eigenvalue weighted by atomic mass is 31.1. The average Bonchev–Trinajstić information content (AvgIpc) is 3.05. The van der Waals surface area contributed by atoms with Crippen LogP contribution in [0.25, 0.3) is 21.9 Å². The Bertz CT molecular complexity index is 1710. The molecule has 0 aliphatic rings. The van der Waals surface area contributed by atoms with E-state index in [1.807, 2.05) is 13.0 Å². The normalized spacial score (nSPS) is 13.5. The van der Waals surface area contributed by atoms with Gasteiger partial charge < -0.3 is 13.5 Å². The minimum atomic E-state index is -1.74. The van der Waals surface area contributed by atoms with Crippen LogP contribution in [0.3, 0.4) is 0 Å². The maximum absolute atomic E-state index is 12.8. The molecule has 4 aromatic rings. The zero-order chi connectivity index (χ0) is 35.5. The SMILES string of the molecule is Cc1cc(CCCOp2oc3c(C(C)(C)C)cc(C(C)(C)C)cc3c3cc(C(C)(C)C)cc(C(C)(C)C)c3o2)cc(C(C)(C)C)c1[O-]. The Morgan fingerprint density at radius 1 is 0.574 bits per heavy atom. The monoisotopic (exact) mass is 659 g/mol. The molecular weight excluding hydrogens is 599 g/mol. The fourth-order valence-corrected chi connectivity index (χ4v) is 7.13. The molecule has 0 saturated heterocycles. The lowest BCUT2D eigenvalue weighted by Crippen LogP contribution is -2.17. The van der Waals surface area contributed by atoms with Crippen molar-refractivity contribution < 1.29 is 18.0 Å². The summed E-state index contributed by atoms with van der Waals surface area (Å²) in [4.78, 5) is 0. The van der Waals surface area contributed by atoms with Crippen molar-refractivity contribution in [2.75, 3.05) is 6.61 Å². The van der Waals surface area contributed by atoms with Crippen molar-refractivity contribution in [3.63, 3.8) is 0 Å². The lowest BCUT2D eigenvalue weighted by atomic mass is 9.77. The van der Waals surface area contributed by atoms with Crippen LogP contribution in [0, 0.1) is 6.92 Å². The van der Waals surface area contributed by atoms with Gasteiger partial charge in [-0.25, -0.2) is 0 Å². The van der Waals surface area contributed by atoms with E-state index >= 15 is 0 Å². The molecule has 4 rings (SSSR count). The van der Waals surface area contributed by atoms with E-state index in [2.05, 4.69) is 134 Å². The Kier molecular flexibility index (Phi) is 10.00. The summed E-state index contributed by atoms with van der Waals surface area (Å²) in [5.41, 5.74) is 8.80. The van der Waals surface area contributed by atoms with Crippen LogP contribution in [0.4, 0.5) is 0 Å². The van der Waals surface area contributed by atoms with Gasteiger partial charge in [0.2, 0.25) is 0 Å². The molecule has 0 unspecified atom stereocenters. The molecule has 0 aliphatic carbocycles. The van der Waals surface area contributed by atoms with Gasteiger partial charge in [0.25, 0.3) is 0 Å². The molecule has 0 spiro atoms. The fraction of sp³-hybridized carbons (Fsp3) is 0.571. The summed E-state index contributed by atoms with van der Waals surface area (Å²) in [5, 5.41) is 15.0. The summed E-state index contributed by atoms with van der Waals surface area (Å²) < 4.78 is 20.3. The van der Waals surface area contributed by atoms with Crippen LogP contribution in [0.1, 0.15) is 149 Å². The van der Waals surface area contributed by atoms with Crippen molar-refractivity contribution in [1.29, 1.82) is 0 Å². The van der Waals surface area contributed by atoms with Crippen molar-refractivity contribution in [2.24, 2.45) is 0 Å². The number of hydrogen-bond donors (Lipinski definition) is 0. The molecule has 0 amide bonds. The number of fused-ring (bicyclic) bond motifs is 3. The number of aryl methyl sites for hydroxylation is 2. The first-order chi connectivity index (χ1) is 21.3. The summed E-state index contributed by atoms with van der Waals surface area (Å²) in [6, 6.07) is 13.4. The maximum Gasteiger partial charge on any atom is 0.387 e. The largest absolute Gasteiger partial charge is 0.872 e. The highest BCUT2D eigenvalue weighted by molar-refractivity contribution is 7.31. The van der Waals surface area contributed by atoms with Crippen molar-refractivity contribution in [3.05, 3.63) is 75.3 Å². The molecule has 3 aromatic carbocycles. The zero-order valence-corrected chi connectivity index (χ0v) is 33.1. The van der Waals surface area contributed by atoms with Gasteiger partial charge in [-0.15, -0.1) is 5.75 Å². The summed E-state index contributed by atoms with van der Waals surface area (Å²) in [6.07, 6.45) is 1.60. The van der Waals surface area contributed by atoms with Crippen LogP contribution in [-0.4, -0.2) is 6.61 Å². The van der Waals surface area contributed by atoms with Gasteiger partial charge in [0, 0.05) is 21.9 Å². The highest BCUT2D eigenvalue weighted by Gasteiger charge is 2.29. The van der Waals surface area contributed by atoms with Crippen molar-refractivity contribution in [3.8, 4) is 5.75 Å². The minimum absolute atomic E-state index is 0.0480. The van der Waals surface area contributed by atoms with Gasteiger partial charge in [0.05, 0.1) is 6.61 Å². The number of hydrogen-bond acceptors (Lipinski definition) is 4. The minimum Gasteiger partial charge on any atom is -0.872 e. The van der Waals surface area contributed by atoms with Crippen molar-refractivity contribution in [1.82, 2.24) is 0 Å². The molecule has 0 atom stereocenters. The van der Waals surface area contributed by atoms with Crippen LogP contribution in [0.5, 0.6) is 5.75 Å². The summed E-state index contributed by atoms with van der Waals surface area (Å²) >= 11 is 0. The molecule has 0 fully saturated rings. The van der Waals surface area contributed by atoms with E-state index in [9.17, 15) is 5.11 Å². The lowest BCUT2D eigenvalue weighted by Gasteiger charge is -2.28. The second-order valence-corrected chi connectivity index (χ2v) is 19.8. The Hall–Kier alpha value is -2.68. The molecule has 0 bridgehead atoms. The van der Waals surface area contributed by atoms with Gasteiger partial charge in [0.15, 0.2) is 0 Å². The van der Waals surface area contributed by atoms with Crippen LogP contribution < -0.4 is 9.63 Å². The molecule has 4 nitrogen and oxygen atoms in total. The predicted molar refractivity (Wildman–Crippen MR) is 200 cm³/mol. The van der Waals surface area contributed by atoms with Crippen molar-refractivity contribution >= 4 is 30.2 Å². The van der Waals surface area contributed by atoms with E-state index in [1.54, 1.807) is 0 Å². The molecular formula is C42H60O4P-. The van der Waals surface area contributed by atoms with Gasteiger partial charge in [-0.3, -0.25) is 4.52 Å². The van der Waals surface area contributed by atoms with E-state index in [1.165, 1.54) is 11.1 Å². The van der Waals surface area contributed by atoms with Gasteiger partial charge in [-0.2, -0.15) is 0 Å². The highest BCUT2D eigenvalue weighted by Crippen LogP contribution is 2.45. The number of rotatable bonds is 5. The Morgan fingerprint density at radius 3 is 1.38 bits per heavy atom. The predicted octanol–water partition coefficient (Wildman–Crippen LogP) is 12.2. The van der Waals surface area contributed by atoms with E-state index in [4.69, 9.17) is 12.9 Å². The van der Waals surface area contributed by atoms with Gasteiger partial charge in [-0.05, 0) is 81.2 Å². The van der Waals surface area contributed by atoms with E-state index in [-0.39, 0.29) is 32.8 Å². The first-order valence-electron chi connectivity index (χ1n) is 17.3. The summed E-state index contributed by atoms with van der Waals surface area (Å²) in [6.45, 7) is 35.8. The van der Waals surface area contributed by atoms with E-state index in [0.29, 0.717) is 6.61 Å². The average molecular weight is 660 g/mol. The molecule has 5 heteroatoms. The van der Waals surface area contributed by atoms with Crippen LogP contribution in [0.15, 0.2) is 44.8 Å².